The Bertz CT molecular complexity index is 1020. The Hall–Kier alpha value is -2.73. The average Bonchev–Trinajstić information content (AvgIpc) is 3.21. The molecule has 0 saturated carbocycles. The lowest BCUT2D eigenvalue weighted by atomic mass is 9.89. The number of likely N-dealkylation sites (tertiary alicyclic amines) is 1. The van der Waals surface area contributed by atoms with Gasteiger partial charge >= 0.3 is 0 Å². The number of aryl methyl sites for hydroxylation is 1. The lowest BCUT2D eigenvalue weighted by Crippen LogP contribution is -2.39. The van der Waals surface area contributed by atoms with Gasteiger partial charge in [0.1, 0.15) is 0 Å². The maximum absolute atomic E-state index is 12.7. The Balaban J connectivity index is 1.23. The van der Waals surface area contributed by atoms with E-state index in [2.05, 4.69) is 23.2 Å². The molecule has 162 valence electrons. The van der Waals surface area contributed by atoms with Gasteiger partial charge in [-0.25, -0.2) is 4.98 Å². The van der Waals surface area contributed by atoms with Crippen LogP contribution in [-0.4, -0.2) is 53.8 Å². The van der Waals surface area contributed by atoms with Gasteiger partial charge in [-0.1, -0.05) is 24.3 Å². The molecule has 6 heteroatoms. The fraction of sp³-hybridized carbons (Fsp3) is 0.400. The molecule has 0 N–H and O–H groups in total. The van der Waals surface area contributed by atoms with Crippen molar-refractivity contribution in [3.8, 4) is 0 Å². The predicted octanol–water partition coefficient (Wildman–Crippen LogP) is 4.41. The average molecular weight is 436 g/mol. The Kier molecular flexibility index (Phi) is 6.66. The lowest BCUT2D eigenvalue weighted by molar-refractivity contribution is -0.132. The first-order chi connectivity index (χ1) is 15.0. The van der Waals surface area contributed by atoms with Crippen LogP contribution in [0.5, 0.6) is 0 Å². The molecule has 0 unspecified atom stereocenters. The van der Waals surface area contributed by atoms with Gasteiger partial charge in [-0.05, 0) is 55.0 Å². The molecule has 2 heterocycles. The molecule has 2 aromatic carbocycles. The van der Waals surface area contributed by atoms with E-state index in [-0.39, 0.29) is 11.8 Å². The molecule has 0 atom stereocenters. The van der Waals surface area contributed by atoms with Crippen LogP contribution in [0.3, 0.4) is 0 Å². The second-order valence-corrected chi connectivity index (χ2v) is 9.62. The number of amides is 2. The number of carbonyl (C=O) groups is 2. The maximum atomic E-state index is 12.7. The molecular weight excluding hydrogens is 406 g/mol. The monoisotopic (exact) mass is 435 g/mol. The Morgan fingerprint density at radius 2 is 1.77 bits per heavy atom. The zero-order valence-corrected chi connectivity index (χ0v) is 19.0. The zero-order valence-electron chi connectivity index (χ0n) is 18.2. The smallest absolute Gasteiger partial charge is 0.253 e. The highest BCUT2D eigenvalue weighted by Crippen LogP contribution is 2.25. The van der Waals surface area contributed by atoms with Crippen molar-refractivity contribution in [2.24, 2.45) is 5.92 Å². The summed E-state index contributed by atoms with van der Waals surface area (Å²) in [5.74, 6) is 0.859. The fourth-order valence-corrected chi connectivity index (χ4v) is 5.13. The third-order valence-corrected chi connectivity index (χ3v) is 7.09. The summed E-state index contributed by atoms with van der Waals surface area (Å²) >= 11 is 1.69. The van der Waals surface area contributed by atoms with Crippen molar-refractivity contribution in [1.82, 2.24) is 14.8 Å². The van der Waals surface area contributed by atoms with Crippen molar-refractivity contribution in [2.75, 3.05) is 27.2 Å². The van der Waals surface area contributed by atoms with Gasteiger partial charge in [-0.2, -0.15) is 0 Å². The van der Waals surface area contributed by atoms with E-state index in [0.29, 0.717) is 12.3 Å². The number of rotatable bonds is 6. The number of hydrogen-bond acceptors (Lipinski definition) is 4. The highest BCUT2D eigenvalue weighted by molar-refractivity contribution is 7.18. The number of benzene rings is 2. The lowest BCUT2D eigenvalue weighted by Gasteiger charge is -2.32. The minimum atomic E-state index is 0.0317. The van der Waals surface area contributed by atoms with E-state index < -0.39 is 0 Å². The number of para-hydroxylation sites is 1. The molecule has 0 aliphatic carbocycles. The third kappa shape index (κ3) is 5.31. The number of carbonyl (C=O) groups excluding carboxylic acids is 2. The van der Waals surface area contributed by atoms with Crippen molar-refractivity contribution in [3.63, 3.8) is 0 Å². The molecule has 4 rings (SSSR count). The summed E-state index contributed by atoms with van der Waals surface area (Å²) in [4.78, 5) is 32.9. The summed E-state index contributed by atoms with van der Waals surface area (Å²) in [5.41, 5.74) is 3.01. The van der Waals surface area contributed by atoms with Crippen LogP contribution in [-0.2, 0) is 17.6 Å². The van der Waals surface area contributed by atoms with Crippen molar-refractivity contribution >= 4 is 33.4 Å². The summed E-state index contributed by atoms with van der Waals surface area (Å²) in [7, 11) is 3.54. The molecule has 0 bridgehead atoms. The Labute approximate surface area is 187 Å². The number of fused-ring (bicyclic) bond motifs is 1. The van der Waals surface area contributed by atoms with Crippen molar-refractivity contribution in [3.05, 3.63) is 64.7 Å². The van der Waals surface area contributed by atoms with E-state index in [9.17, 15) is 9.59 Å². The first kappa shape index (κ1) is 21.5. The third-order valence-electron chi connectivity index (χ3n) is 5.99. The van der Waals surface area contributed by atoms with Crippen LogP contribution in [0, 0.1) is 5.92 Å². The first-order valence-corrected chi connectivity index (χ1v) is 11.7. The SMILES string of the molecule is CN(C)C(=O)c1ccc(CC2CCN(C(=O)CCc3nc4ccccc4s3)CC2)cc1. The minimum Gasteiger partial charge on any atom is -0.345 e. The molecule has 1 aliphatic heterocycles. The van der Waals surface area contributed by atoms with Crippen LogP contribution in [0.2, 0.25) is 0 Å². The topological polar surface area (TPSA) is 53.5 Å². The van der Waals surface area contributed by atoms with Gasteiger partial charge in [0.2, 0.25) is 5.91 Å². The number of nitrogens with zero attached hydrogens (tertiary/aromatic N) is 3. The molecular formula is C25H29N3O2S. The van der Waals surface area contributed by atoms with Gasteiger partial charge in [-0.3, -0.25) is 9.59 Å². The van der Waals surface area contributed by atoms with E-state index in [1.165, 1.54) is 10.3 Å². The molecule has 3 aromatic rings. The molecule has 0 radical (unpaired) electrons. The largest absolute Gasteiger partial charge is 0.345 e. The number of aromatic nitrogens is 1. The molecule has 31 heavy (non-hydrogen) atoms. The van der Waals surface area contributed by atoms with Gasteiger partial charge in [0.05, 0.1) is 15.2 Å². The molecule has 1 aliphatic rings. The minimum absolute atomic E-state index is 0.0317. The highest BCUT2D eigenvalue weighted by atomic mass is 32.1. The van der Waals surface area contributed by atoms with Crippen LogP contribution < -0.4 is 0 Å². The fourth-order valence-electron chi connectivity index (χ4n) is 4.16. The van der Waals surface area contributed by atoms with E-state index in [1.54, 1.807) is 30.3 Å². The molecule has 1 fully saturated rings. The van der Waals surface area contributed by atoms with Crippen LogP contribution in [0.15, 0.2) is 48.5 Å². The second-order valence-electron chi connectivity index (χ2n) is 8.50. The predicted molar refractivity (Wildman–Crippen MR) is 125 cm³/mol. The van der Waals surface area contributed by atoms with Gasteiger partial charge in [0.25, 0.3) is 5.91 Å². The van der Waals surface area contributed by atoms with Crippen molar-refractivity contribution in [1.29, 1.82) is 0 Å². The van der Waals surface area contributed by atoms with Crippen molar-refractivity contribution < 1.29 is 9.59 Å². The van der Waals surface area contributed by atoms with E-state index in [4.69, 9.17) is 0 Å². The van der Waals surface area contributed by atoms with E-state index in [0.717, 1.165) is 54.9 Å². The van der Waals surface area contributed by atoms with E-state index in [1.807, 2.05) is 35.2 Å². The standard InChI is InChI=1S/C25H29N3O2S/c1-27(2)25(30)20-9-7-18(8-10-20)17-19-13-15-28(16-14-19)24(29)12-11-23-26-21-5-3-4-6-22(21)31-23/h3-10,19H,11-17H2,1-2H3. The van der Waals surface area contributed by atoms with E-state index >= 15 is 0 Å². The van der Waals surface area contributed by atoms with Crippen LogP contribution in [0.1, 0.15) is 40.2 Å². The quantitative estimate of drug-likeness (QED) is 0.576. The number of thiazole rings is 1. The summed E-state index contributed by atoms with van der Waals surface area (Å²) < 4.78 is 1.19. The van der Waals surface area contributed by atoms with Gasteiger partial charge in [0, 0.05) is 45.6 Å². The summed E-state index contributed by atoms with van der Waals surface area (Å²) in [6, 6.07) is 16.1. The Morgan fingerprint density at radius 3 is 2.45 bits per heavy atom. The summed E-state index contributed by atoms with van der Waals surface area (Å²) in [5, 5.41) is 1.04. The molecule has 2 amide bonds. The molecule has 0 spiro atoms. The van der Waals surface area contributed by atoms with Crippen LogP contribution in [0.4, 0.5) is 0 Å². The summed E-state index contributed by atoms with van der Waals surface area (Å²) in [6.07, 6.45) is 4.32. The van der Waals surface area contributed by atoms with Crippen LogP contribution in [0.25, 0.3) is 10.2 Å². The second kappa shape index (κ2) is 9.60. The van der Waals surface area contributed by atoms with Gasteiger partial charge < -0.3 is 9.80 Å². The van der Waals surface area contributed by atoms with Gasteiger partial charge in [-0.15, -0.1) is 11.3 Å². The van der Waals surface area contributed by atoms with Gasteiger partial charge in [0.15, 0.2) is 0 Å². The normalized spacial score (nSPS) is 14.7. The first-order valence-electron chi connectivity index (χ1n) is 10.9. The molecule has 1 aromatic heterocycles. The van der Waals surface area contributed by atoms with Crippen molar-refractivity contribution in [2.45, 2.75) is 32.1 Å². The number of piperidine rings is 1. The highest BCUT2D eigenvalue weighted by Gasteiger charge is 2.23. The molecule has 1 saturated heterocycles. The zero-order chi connectivity index (χ0) is 21.8. The maximum Gasteiger partial charge on any atom is 0.253 e. The molecule has 5 nitrogen and oxygen atoms in total. The summed E-state index contributed by atoms with van der Waals surface area (Å²) in [6.45, 7) is 1.67. The Morgan fingerprint density at radius 1 is 1.06 bits per heavy atom. The number of hydrogen-bond donors (Lipinski definition) is 0. The van der Waals surface area contributed by atoms with Crippen LogP contribution >= 0.6 is 11.3 Å².